The summed E-state index contributed by atoms with van der Waals surface area (Å²) in [5, 5.41) is 6.75. The molecule has 6 nitrogen and oxygen atoms in total. The van der Waals surface area contributed by atoms with Crippen molar-refractivity contribution in [1.29, 1.82) is 0 Å². The third-order valence-electron chi connectivity index (χ3n) is 4.47. The molecule has 0 fully saturated rings. The number of pyridine rings is 1. The molecular weight excluding hydrogens is 373 g/mol. The lowest BCUT2D eigenvalue weighted by Crippen LogP contribution is -2.17. The summed E-state index contributed by atoms with van der Waals surface area (Å²) in [6.45, 7) is 4.72. The molecule has 0 radical (unpaired) electrons. The van der Waals surface area contributed by atoms with Gasteiger partial charge >= 0.3 is 8.25 Å². The summed E-state index contributed by atoms with van der Waals surface area (Å²) in [6, 6.07) is 12.7. The zero-order valence-corrected chi connectivity index (χ0v) is 17.5. The van der Waals surface area contributed by atoms with Crippen LogP contribution in [-0.2, 0) is 22.1 Å². The van der Waals surface area contributed by atoms with Gasteiger partial charge in [-0.15, -0.1) is 9.42 Å². The molecule has 0 aliphatic carbocycles. The lowest BCUT2D eigenvalue weighted by molar-refractivity contribution is 0.276. The van der Waals surface area contributed by atoms with Crippen LogP contribution in [0.3, 0.4) is 0 Å². The average Bonchev–Trinajstić information content (AvgIpc) is 2.69. The van der Waals surface area contributed by atoms with E-state index in [4.69, 9.17) is 4.89 Å². The van der Waals surface area contributed by atoms with Crippen molar-refractivity contribution in [3.8, 4) is 0 Å². The highest BCUT2D eigenvalue weighted by Gasteiger charge is 2.10. The average molecular weight is 404 g/mol. The van der Waals surface area contributed by atoms with E-state index in [9.17, 15) is 4.57 Å². The second-order valence-corrected chi connectivity index (χ2v) is 7.55. The molecule has 0 saturated carbocycles. The number of rotatable bonds is 14. The van der Waals surface area contributed by atoms with Crippen LogP contribution >= 0.6 is 8.25 Å². The Hall–Kier alpha value is -1.85. The summed E-state index contributed by atoms with van der Waals surface area (Å²) in [7, 11) is -2.49. The van der Waals surface area contributed by atoms with Crippen molar-refractivity contribution in [1.82, 2.24) is 10.3 Å². The number of benzene rings is 1. The smallest absolute Gasteiger partial charge is 0.384 e. The number of hydrogen-bond acceptors (Lipinski definition) is 5. The van der Waals surface area contributed by atoms with Crippen LogP contribution in [0.4, 0.5) is 5.69 Å². The molecule has 0 spiro atoms. The number of nitrogens with zero attached hydrogens (tertiary/aromatic N) is 1. The topological polar surface area (TPSA) is 83.5 Å². The molecule has 2 aromatic rings. The summed E-state index contributed by atoms with van der Waals surface area (Å²) in [5.74, 6) is 0. The second kappa shape index (κ2) is 13.3. The molecule has 1 atom stereocenters. The normalized spacial score (nSPS) is 11.4. The molecule has 0 bridgehead atoms. The zero-order valence-electron chi connectivity index (χ0n) is 16.6. The Morgan fingerprint density at radius 2 is 1.93 bits per heavy atom. The van der Waals surface area contributed by atoms with Gasteiger partial charge < -0.3 is 10.6 Å². The van der Waals surface area contributed by atoms with Crippen molar-refractivity contribution in [3.05, 3.63) is 59.4 Å². The maximum atomic E-state index is 10.4. The van der Waals surface area contributed by atoms with Crippen molar-refractivity contribution >= 4 is 13.9 Å². The molecule has 1 heterocycles. The first-order valence-electron chi connectivity index (χ1n) is 9.88. The first-order chi connectivity index (χ1) is 13.6. The van der Waals surface area contributed by atoms with E-state index >= 15 is 0 Å². The minimum atomic E-state index is -2.49. The van der Waals surface area contributed by atoms with E-state index in [0.717, 1.165) is 30.8 Å². The monoisotopic (exact) mass is 404 g/mol. The van der Waals surface area contributed by atoms with Crippen molar-refractivity contribution < 1.29 is 14.0 Å². The summed E-state index contributed by atoms with van der Waals surface area (Å²) in [5.41, 5.74) is 4.68. The predicted molar refractivity (Wildman–Crippen MR) is 114 cm³/mol. The van der Waals surface area contributed by atoms with E-state index in [1.807, 2.05) is 6.20 Å². The minimum Gasteiger partial charge on any atom is -0.384 e. The molecule has 28 heavy (non-hydrogen) atoms. The summed E-state index contributed by atoms with van der Waals surface area (Å²) < 4.78 is 15.0. The van der Waals surface area contributed by atoms with Gasteiger partial charge in [0.15, 0.2) is 0 Å². The third-order valence-corrected chi connectivity index (χ3v) is 4.88. The van der Waals surface area contributed by atoms with Gasteiger partial charge in [-0.25, -0.2) is 0 Å². The van der Waals surface area contributed by atoms with E-state index in [1.165, 1.54) is 24.0 Å². The van der Waals surface area contributed by atoms with Gasteiger partial charge in [0, 0.05) is 17.7 Å². The number of anilines is 1. The lowest BCUT2D eigenvalue weighted by atomic mass is 10.1. The van der Waals surface area contributed by atoms with Gasteiger partial charge in [-0.3, -0.25) is 4.98 Å². The zero-order chi connectivity index (χ0) is 20.0. The first-order valence-corrected chi connectivity index (χ1v) is 11.0. The fourth-order valence-electron chi connectivity index (χ4n) is 2.95. The molecular formula is C21H31N3O3P+. The second-order valence-electron chi connectivity index (χ2n) is 6.81. The molecule has 0 aliphatic heterocycles. The molecule has 1 aromatic carbocycles. The highest BCUT2D eigenvalue weighted by atomic mass is 31.1. The van der Waals surface area contributed by atoms with Gasteiger partial charge in [0.1, 0.15) is 6.61 Å². The fraction of sp³-hybridized carbons (Fsp3) is 0.476. The van der Waals surface area contributed by atoms with E-state index in [2.05, 4.69) is 63.5 Å². The van der Waals surface area contributed by atoms with Crippen LogP contribution in [0.15, 0.2) is 42.6 Å². The molecule has 1 unspecified atom stereocenters. The van der Waals surface area contributed by atoms with Gasteiger partial charge in [-0.2, -0.15) is 0 Å². The Labute approximate surface area is 168 Å². The maximum Gasteiger partial charge on any atom is 0.694 e. The predicted octanol–water partition coefficient (Wildman–Crippen LogP) is 4.36. The van der Waals surface area contributed by atoms with Gasteiger partial charge in [0.2, 0.25) is 0 Å². The van der Waals surface area contributed by atoms with Crippen LogP contribution in [-0.4, -0.2) is 29.6 Å². The molecule has 3 N–H and O–H groups in total. The SMILES string of the molecule is Cc1cc(CNCCCO[P+](=O)O)ncc1NCCCCCc1ccccc1. The van der Waals surface area contributed by atoms with E-state index < -0.39 is 8.25 Å². The van der Waals surface area contributed by atoms with Gasteiger partial charge in [0.05, 0.1) is 17.6 Å². The first kappa shape index (κ1) is 22.4. The Morgan fingerprint density at radius 1 is 1.11 bits per heavy atom. The number of unbranched alkanes of at least 4 members (excludes halogenated alkanes) is 2. The van der Waals surface area contributed by atoms with Gasteiger partial charge in [-0.05, 0) is 56.3 Å². The maximum absolute atomic E-state index is 10.4. The Bertz CT molecular complexity index is 713. The summed E-state index contributed by atoms with van der Waals surface area (Å²) in [4.78, 5) is 13.0. The Balaban J connectivity index is 1.58. The molecule has 0 amide bonds. The highest BCUT2D eigenvalue weighted by molar-refractivity contribution is 7.32. The van der Waals surface area contributed by atoms with E-state index in [1.54, 1.807) is 0 Å². The third kappa shape index (κ3) is 9.38. The van der Waals surface area contributed by atoms with Crippen LogP contribution in [0, 0.1) is 6.92 Å². The standard InChI is InChI=1S/C21H30N3O3P/c1-18-15-20(16-22-12-8-14-27-28(25)26)24-17-21(18)23-13-7-3-6-11-19-9-4-2-5-10-19/h2,4-5,9-10,15,17,22-23H,3,6-8,11-14,16H2,1H3/p+1. The molecule has 2 rings (SSSR count). The molecule has 0 saturated heterocycles. The van der Waals surface area contributed by atoms with Crippen molar-refractivity contribution in [2.45, 2.75) is 45.6 Å². The van der Waals surface area contributed by atoms with E-state index in [0.29, 0.717) is 19.5 Å². The fourth-order valence-corrected chi connectivity index (χ4v) is 3.24. The van der Waals surface area contributed by atoms with Crippen molar-refractivity contribution in [2.24, 2.45) is 0 Å². The van der Waals surface area contributed by atoms with Crippen LogP contribution in [0.25, 0.3) is 0 Å². The van der Waals surface area contributed by atoms with Crippen LogP contribution in [0.2, 0.25) is 0 Å². The number of hydrogen-bond donors (Lipinski definition) is 3. The molecule has 152 valence electrons. The van der Waals surface area contributed by atoms with Gasteiger partial charge in [0.25, 0.3) is 0 Å². The molecule has 7 heteroatoms. The summed E-state index contributed by atoms with van der Waals surface area (Å²) >= 11 is 0. The van der Waals surface area contributed by atoms with E-state index in [-0.39, 0.29) is 6.61 Å². The summed E-state index contributed by atoms with van der Waals surface area (Å²) in [6.07, 6.45) is 7.31. The number of aromatic nitrogens is 1. The number of nitrogens with one attached hydrogen (secondary N) is 2. The Kier molecular flexibility index (Phi) is 10.7. The largest absolute Gasteiger partial charge is 0.694 e. The lowest BCUT2D eigenvalue weighted by Gasteiger charge is -2.11. The van der Waals surface area contributed by atoms with Crippen LogP contribution in [0.1, 0.15) is 42.5 Å². The number of aryl methyl sites for hydroxylation is 2. The minimum absolute atomic E-state index is 0.277. The Morgan fingerprint density at radius 3 is 2.68 bits per heavy atom. The van der Waals surface area contributed by atoms with Crippen LogP contribution < -0.4 is 10.6 Å². The van der Waals surface area contributed by atoms with Crippen molar-refractivity contribution in [3.63, 3.8) is 0 Å². The molecule has 1 aromatic heterocycles. The van der Waals surface area contributed by atoms with Gasteiger partial charge in [-0.1, -0.05) is 36.8 Å². The van der Waals surface area contributed by atoms with Crippen LogP contribution in [0.5, 0.6) is 0 Å². The highest BCUT2D eigenvalue weighted by Crippen LogP contribution is 2.15. The quantitative estimate of drug-likeness (QED) is 0.321. The van der Waals surface area contributed by atoms with Crippen molar-refractivity contribution in [2.75, 3.05) is 25.0 Å². The molecule has 0 aliphatic rings.